The Bertz CT molecular complexity index is 1530. The van der Waals surface area contributed by atoms with Gasteiger partial charge in [-0.05, 0) is 49.6 Å². The van der Waals surface area contributed by atoms with E-state index in [-0.39, 0.29) is 18.7 Å². The van der Waals surface area contributed by atoms with E-state index >= 15 is 0 Å². The van der Waals surface area contributed by atoms with E-state index in [9.17, 15) is 9.59 Å². The van der Waals surface area contributed by atoms with Gasteiger partial charge in [0, 0.05) is 40.6 Å². The van der Waals surface area contributed by atoms with Crippen molar-refractivity contribution in [3.8, 4) is 11.1 Å². The molecule has 33 heavy (non-hydrogen) atoms. The van der Waals surface area contributed by atoms with Gasteiger partial charge in [-0.15, -0.1) is 0 Å². The van der Waals surface area contributed by atoms with Crippen molar-refractivity contribution >= 4 is 33.7 Å². The number of carbonyl (C=O) groups is 1. The number of nitrogens with one attached hydrogen (secondary N) is 1. The molecule has 0 saturated carbocycles. The van der Waals surface area contributed by atoms with Crippen LogP contribution in [-0.4, -0.2) is 10.9 Å². The third kappa shape index (κ3) is 3.91. The second kappa shape index (κ2) is 8.39. The first kappa shape index (κ1) is 20.7. The molecule has 2 aromatic carbocycles. The van der Waals surface area contributed by atoms with Gasteiger partial charge in [0.2, 0.25) is 5.91 Å². The predicted octanol–water partition coefficient (Wildman–Crippen LogP) is 5.79. The highest BCUT2D eigenvalue weighted by atomic mass is 16.4. The number of rotatable bonds is 5. The molecule has 0 fully saturated rings. The van der Waals surface area contributed by atoms with E-state index < -0.39 is 5.63 Å². The number of hydrogen-bond donors (Lipinski definition) is 1. The molecule has 0 bridgehead atoms. The van der Waals surface area contributed by atoms with E-state index in [0.717, 1.165) is 33.2 Å². The summed E-state index contributed by atoms with van der Waals surface area (Å²) >= 11 is 0. The van der Waals surface area contributed by atoms with Crippen LogP contribution in [0.15, 0.2) is 80.5 Å². The lowest BCUT2D eigenvalue weighted by Crippen LogP contribution is -2.17. The third-order valence-corrected chi connectivity index (χ3v) is 5.87. The van der Waals surface area contributed by atoms with Gasteiger partial charge in [0.25, 0.3) is 0 Å². The lowest BCUT2D eigenvalue weighted by molar-refractivity contribution is -0.116. The molecule has 0 aliphatic rings. The van der Waals surface area contributed by atoms with Crippen LogP contribution in [-0.2, 0) is 11.2 Å². The zero-order valence-electron chi connectivity index (χ0n) is 18.3. The molecule has 6 heteroatoms. The van der Waals surface area contributed by atoms with Gasteiger partial charge in [-0.1, -0.05) is 36.4 Å². The minimum atomic E-state index is -0.434. The summed E-state index contributed by atoms with van der Waals surface area (Å²) in [7, 11) is 0. The van der Waals surface area contributed by atoms with Crippen LogP contribution in [0.2, 0.25) is 0 Å². The minimum Gasteiger partial charge on any atom is -0.461 e. The third-order valence-electron chi connectivity index (χ3n) is 5.87. The maximum Gasteiger partial charge on any atom is 0.339 e. The number of aromatic nitrogens is 1. The number of benzene rings is 2. The van der Waals surface area contributed by atoms with Gasteiger partial charge in [0.05, 0.1) is 0 Å². The Morgan fingerprint density at radius 1 is 0.939 bits per heavy atom. The van der Waals surface area contributed by atoms with Crippen molar-refractivity contribution in [2.75, 3.05) is 5.32 Å². The fourth-order valence-corrected chi connectivity index (χ4v) is 4.23. The highest BCUT2D eigenvalue weighted by Crippen LogP contribution is 2.37. The Morgan fingerprint density at radius 2 is 1.70 bits per heavy atom. The standard InChI is InChI=1S/C27H22N2O4/c1-16-19(11-12-25(30)29-24-10-6-7-13-28-24)27(31)33-22-15-23-21(14-20(16)22)26(17(2)32-23)18-8-4-3-5-9-18/h3-10,13-15H,11-12H2,1-2H3,(H,28,29,30). The normalized spacial score (nSPS) is 11.2. The first-order chi connectivity index (χ1) is 16.0. The smallest absolute Gasteiger partial charge is 0.339 e. The SMILES string of the molecule is Cc1oc2cc3oc(=O)c(CCC(=O)Nc4ccccn4)c(C)c3cc2c1-c1ccccc1. The number of furan rings is 1. The van der Waals surface area contributed by atoms with Crippen LogP contribution in [0.5, 0.6) is 0 Å². The predicted molar refractivity (Wildman–Crippen MR) is 128 cm³/mol. The monoisotopic (exact) mass is 438 g/mol. The van der Waals surface area contributed by atoms with Gasteiger partial charge in [0.1, 0.15) is 22.7 Å². The number of anilines is 1. The second-order valence-corrected chi connectivity index (χ2v) is 8.00. The van der Waals surface area contributed by atoms with Crippen molar-refractivity contribution in [3.05, 3.63) is 94.2 Å². The molecule has 5 aromatic rings. The highest BCUT2D eigenvalue weighted by Gasteiger charge is 2.18. The number of carbonyl (C=O) groups excluding carboxylic acids is 1. The zero-order valence-corrected chi connectivity index (χ0v) is 18.3. The zero-order chi connectivity index (χ0) is 22.9. The summed E-state index contributed by atoms with van der Waals surface area (Å²) in [5.74, 6) is 1.08. The molecule has 0 atom stereocenters. The van der Waals surface area contributed by atoms with Crippen molar-refractivity contribution in [3.63, 3.8) is 0 Å². The van der Waals surface area contributed by atoms with E-state index in [4.69, 9.17) is 8.83 Å². The maximum atomic E-state index is 12.7. The maximum absolute atomic E-state index is 12.7. The summed E-state index contributed by atoms with van der Waals surface area (Å²) in [5.41, 5.74) is 4.11. The van der Waals surface area contributed by atoms with E-state index in [1.807, 2.05) is 50.2 Å². The number of amides is 1. The van der Waals surface area contributed by atoms with E-state index in [2.05, 4.69) is 10.3 Å². The fraction of sp³-hybridized carbons (Fsp3) is 0.148. The van der Waals surface area contributed by atoms with E-state index in [0.29, 0.717) is 22.5 Å². The average Bonchev–Trinajstić information content (AvgIpc) is 3.13. The molecular weight excluding hydrogens is 416 g/mol. The number of pyridine rings is 1. The van der Waals surface area contributed by atoms with Gasteiger partial charge in [-0.2, -0.15) is 0 Å². The Labute approximate surface area is 189 Å². The minimum absolute atomic E-state index is 0.149. The van der Waals surface area contributed by atoms with Crippen molar-refractivity contribution in [2.45, 2.75) is 26.7 Å². The van der Waals surface area contributed by atoms with Gasteiger partial charge in [-0.3, -0.25) is 4.79 Å². The van der Waals surface area contributed by atoms with Gasteiger partial charge in [-0.25, -0.2) is 9.78 Å². The first-order valence-corrected chi connectivity index (χ1v) is 10.8. The first-order valence-electron chi connectivity index (χ1n) is 10.8. The van der Waals surface area contributed by atoms with Gasteiger partial charge < -0.3 is 14.2 Å². The van der Waals surface area contributed by atoms with Crippen molar-refractivity contribution in [2.24, 2.45) is 0 Å². The molecule has 0 radical (unpaired) electrons. The topological polar surface area (TPSA) is 85.3 Å². The molecule has 0 spiro atoms. The Kier molecular flexibility index (Phi) is 5.26. The molecule has 1 amide bonds. The van der Waals surface area contributed by atoms with Crippen LogP contribution in [0, 0.1) is 13.8 Å². The Hall–Kier alpha value is -4.19. The second-order valence-electron chi connectivity index (χ2n) is 8.00. The summed E-state index contributed by atoms with van der Waals surface area (Å²) in [6.07, 6.45) is 2.03. The van der Waals surface area contributed by atoms with Crippen LogP contribution >= 0.6 is 0 Å². The molecule has 1 N–H and O–H groups in total. The summed E-state index contributed by atoms with van der Waals surface area (Å²) < 4.78 is 11.6. The molecule has 0 unspecified atom stereocenters. The Balaban J connectivity index is 1.52. The average molecular weight is 438 g/mol. The number of aryl methyl sites for hydroxylation is 2. The molecule has 6 nitrogen and oxygen atoms in total. The van der Waals surface area contributed by atoms with Crippen molar-refractivity contribution in [1.82, 2.24) is 4.98 Å². The van der Waals surface area contributed by atoms with Crippen molar-refractivity contribution in [1.29, 1.82) is 0 Å². The number of nitrogens with zero attached hydrogens (tertiary/aromatic N) is 1. The molecular formula is C27H22N2O4. The van der Waals surface area contributed by atoms with Crippen LogP contribution in [0.25, 0.3) is 33.1 Å². The molecule has 0 aliphatic heterocycles. The van der Waals surface area contributed by atoms with Crippen molar-refractivity contribution < 1.29 is 13.6 Å². The van der Waals surface area contributed by atoms with E-state index in [1.54, 1.807) is 30.5 Å². The number of hydrogen-bond acceptors (Lipinski definition) is 5. The van der Waals surface area contributed by atoms with Crippen LogP contribution in [0.4, 0.5) is 5.82 Å². The fourth-order valence-electron chi connectivity index (χ4n) is 4.23. The van der Waals surface area contributed by atoms with Crippen LogP contribution in [0.1, 0.15) is 23.3 Å². The summed E-state index contributed by atoms with van der Waals surface area (Å²) in [4.78, 5) is 29.2. The summed E-state index contributed by atoms with van der Waals surface area (Å²) in [6.45, 7) is 3.83. The van der Waals surface area contributed by atoms with Crippen LogP contribution < -0.4 is 10.9 Å². The molecule has 5 rings (SSSR count). The molecule has 3 aromatic heterocycles. The number of fused-ring (bicyclic) bond motifs is 2. The lowest BCUT2D eigenvalue weighted by atomic mass is 9.98. The summed E-state index contributed by atoms with van der Waals surface area (Å²) in [5, 5.41) is 4.54. The van der Waals surface area contributed by atoms with Crippen LogP contribution in [0.3, 0.4) is 0 Å². The highest BCUT2D eigenvalue weighted by molar-refractivity contribution is 6.03. The summed E-state index contributed by atoms with van der Waals surface area (Å²) in [6, 6.07) is 19.1. The largest absolute Gasteiger partial charge is 0.461 e. The molecule has 164 valence electrons. The van der Waals surface area contributed by atoms with E-state index in [1.165, 1.54) is 0 Å². The molecule has 0 aliphatic carbocycles. The molecule has 3 heterocycles. The lowest BCUT2D eigenvalue weighted by Gasteiger charge is -2.09. The van der Waals surface area contributed by atoms with Gasteiger partial charge in [0.15, 0.2) is 0 Å². The molecule has 0 saturated heterocycles. The quantitative estimate of drug-likeness (QED) is 0.351. The van der Waals surface area contributed by atoms with Gasteiger partial charge >= 0.3 is 5.63 Å². The Morgan fingerprint density at radius 3 is 2.45 bits per heavy atom.